The van der Waals surface area contributed by atoms with Crippen LogP contribution in [0.15, 0.2) is 63.6 Å². The van der Waals surface area contributed by atoms with Crippen molar-refractivity contribution in [3.8, 4) is 5.75 Å². The molecule has 33 heavy (non-hydrogen) atoms. The number of methoxy groups -OCH3 is 1. The molecule has 0 saturated carbocycles. The summed E-state index contributed by atoms with van der Waals surface area (Å²) in [4.78, 5) is 32.6. The van der Waals surface area contributed by atoms with Gasteiger partial charge in [-0.3, -0.25) is 14.2 Å². The van der Waals surface area contributed by atoms with Crippen LogP contribution in [0.4, 0.5) is 5.95 Å². The number of benzene rings is 1. The number of carbonyl (C=O) groups is 1. The van der Waals surface area contributed by atoms with Gasteiger partial charge in [-0.15, -0.1) is 11.3 Å². The van der Waals surface area contributed by atoms with Crippen LogP contribution in [0.25, 0.3) is 0 Å². The van der Waals surface area contributed by atoms with Crippen LogP contribution in [0.2, 0.25) is 4.34 Å². The molecule has 0 aliphatic rings. The van der Waals surface area contributed by atoms with E-state index in [1.54, 1.807) is 7.05 Å². The maximum Gasteiger partial charge on any atom is 0.297 e. The lowest BCUT2D eigenvalue weighted by atomic mass is 10.00. The van der Waals surface area contributed by atoms with Gasteiger partial charge in [0.1, 0.15) is 6.26 Å². The fourth-order valence-electron chi connectivity index (χ4n) is 3.70. The molecule has 1 atom stereocenters. The molecule has 3 aromatic heterocycles. The molecule has 1 aromatic carbocycles. The van der Waals surface area contributed by atoms with E-state index in [0.717, 1.165) is 11.1 Å². The second kappa shape index (κ2) is 9.60. The molecule has 0 amide bonds. The molecule has 4 rings (SSSR count). The van der Waals surface area contributed by atoms with Crippen LogP contribution in [0.1, 0.15) is 33.2 Å². The van der Waals surface area contributed by atoms with E-state index >= 15 is 0 Å². The molecule has 3 heterocycles. The van der Waals surface area contributed by atoms with Gasteiger partial charge in [0.25, 0.3) is 5.56 Å². The Labute approximate surface area is 199 Å². The first-order chi connectivity index (χ1) is 15.9. The number of anilines is 1. The smallest absolute Gasteiger partial charge is 0.297 e. The molecular formula is C23H21ClN4O4S. The molecular weight excluding hydrogens is 464 g/mol. The lowest BCUT2D eigenvalue weighted by Crippen LogP contribution is -2.34. The van der Waals surface area contributed by atoms with Gasteiger partial charge in [0.05, 0.1) is 23.7 Å². The molecule has 1 unspecified atom stereocenters. The zero-order chi connectivity index (χ0) is 23.5. The Morgan fingerprint density at radius 1 is 1.30 bits per heavy atom. The van der Waals surface area contributed by atoms with Crippen LogP contribution in [0.3, 0.4) is 0 Å². The summed E-state index contributed by atoms with van der Waals surface area (Å²) in [6.45, 7) is 0. The first-order valence-corrected chi connectivity index (χ1v) is 11.2. The third-order valence-corrected chi connectivity index (χ3v) is 6.50. The van der Waals surface area contributed by atoms with Crippen molar-refractivity contribution in [2.75, 3.05) is 19.1 Å². The van der Waals surface area contributed by atoms with Gasteiger partial charge >= 0.3 is 0 Å². The average molecular weight is 485 g/mol. The molecule has 0 fully saturated rings. The average Bonchev–Trinajstić information content (AvgIpc) is 3.48. The minimum absolute atomic E-state index is 0.0261. The summed E-state index contributed by atoms with van der Waals surface area (Å²) in [5.41, 5.74) is 1.89. The summed E-state index contributed by atoms with van der Waals surface area (Å²) in [7, 11) is 4.75. The number of ketones is 1. The van der Waals surface area contributed by atoms with Crippen molar-refractivity contribution in [3.63, 3.8) is 0 Å². The van der Waals surface area contributed by atoms with Crippen LogP contribution in [-0.2, 0) is 13.5 Å². The van der Waals surface area contributed by atoms with Gasteiger partial charge in [0.2, 0.25) is 11.7 Å². The number of nitrogens with zero attached hydrogens (tertiary/aromatic N) is 4. The maximum atomic E-state index is 13.1. The SMILES string of the molecule is COc1c(C(=O)Cc2cnoc2)nc(N(C)C(c2ccccc2)c2ccsc2Cl)n(C)c1=O. The summed E-state index contributed by atoms with van der Waals surface area (Å²) < 4.78 is 12.1. The van der Waals surface area contributed by atoms with Crippen LogP contribution in [0, 0.1) is 0 Å². The van der Waals surface area contributed by atoms with E-state index in [-0.39, 0.29) is 29.7 Å². The first-order valence-electron chi connectivity index (χ1n) is 9.99. The molecule has 0 aliphatic carbocycles. The number of aromatic nitrogens is 3. The van der Waals surface area contributed by atoms with E-state index in [2.05, 4.69) is 10.1 Å². The summed E-state index contributed by atoms with van der Waals surface area (Å²) >= 11 is 7.93. The fourth-order valence-corrected chi connectivity index (χ4v) is 4.67. The van der Waals surface area contributed by atoms with E-state index < -0.39 is 5.56 Å². The highest BCUT2D eigenvalue weighted by Gasteiger charge is 2.29. The van der Waals surface area contributed by atoms with E-state index in [4.69, 9.17) is 20.9 Å². The number of hydrogen-bond donors (Lipinski definition) is 0. The number of carbonyl (C=O) groups excluding carboxylic acids is 1. The summed E-state index contributed by atoms with van der Waals surface area (Å²) in [5.74, 6) is -0.196. The van der Waals surface area contributed by atoms with Crippen molar-refractivity contribution in [1.29, 1.82) is 0 Å². The highest BCUT2D eigenvalue weighted by atomic mass is 35.5. The lowest BCUT2D eigenvalue weighted by Gasteiger charge is -2.31. The van der Waals surface area contributed by atoms with Crippen LogP contribution < -0.4 is 15.2 Å². The third-order valence-electron chi connectivity index (χ3n) is 5.30. The number of hydrogen-bond acceptors (Lipinski definition) is 8. The number of halogens is 1. The van der Waals surface area contributed by atoms with Gasteiger partial charge in [0.15, 0.2) is 11.5 Å². The summed E-state index contributed by atoms with van der Waals surface area (Å²) in [5, 5.41) is 5.53. The van der Waals surface area contributed by atoms with Gasteiger partial charge in [-0.05, 0) is 17.0 Å². The van der Waals surface area contributed by atoms with Crippen molar-refractivity contribution in [3.05, 3.63) is 91.3 Å². The first kappa shape index (κ1) is 22.8. The highest BCUT2D eigenvalue weighted by Crippen LogP contribution is 2.37. The molecule has 10 heteroatoms. The van der Waals surface area contributed by atoms with E-state index in [1.165, 1.54) is 35.5 Å². The molecule has 0 radical (unpaired) electrons. The monoisotopic (exact) mass is 484 g/mol. The Bertz CT molecular complexity index is 1320. The Morgan fingerprint density at radius 2 is 2.06 bits per heavy atom. The topological polar surface area (TPSA) is 90.5 Å². The number of thiophene rings is 1. The predicted molar refractivity (Wildman–Crippen MR) is 127 cm³/mol. The molecule has 8 nitrogen and oxygen atoms in total. The maximum absolute atomic E-state index is 13.1. The van der Waals surface area contributed by atoms with Crippen LogP contribution in [-0.4, -0.2) is 34.6 Å². The minimum atomic E-state index is -0.466. The van der Waals surface area contributed by atoms with Crippen molar-refractivity contribution < 1.29 is 14.1 Å². The molecule has 0 spiro atoms. The van der Waals surface area contributed by atoms with Crippen LogP contribution >= 0.6 is 22.9 Å². The third kappa shape index (κ3) is 4.42. The second-order valence-corrected chi connectivity index (χ2v) is 8.88. The van der Waals surface area contributed by atoms with E-state index in [0.29, 0.717) is 15.8 Å². The predicted octanol–water partition coefficient (Wildman–Crippen LogP) is 4.14. The quantitative estimate of drug-likeness (QED) is 0.347. The highest BCUT2D eigenvalue weighted by molar-refractivity contribution is 7.14. The molecule has 170 valence electrons. The Kier molecular flexibility index (Phi) is 6.62. The fraction of sp³-hybridized carbons (Fsp3) is 0.217. The van der Waals surface area contributed by atoms with E-state index in [1.807, 2.05) is 53.7 Å². The minimum Gasteiger partial charge on any atom is -0.489 e. The number of Topliss-reactive ketones (excluding diaryl/α,β-unsaturated/α-hetero) is 1. The van der Waals surface area contributed by atoms with E-state index in [9.17, 15) is 9.59 Å². The summed E-state index contributed by atoms with van der Waals surface area (Å²) in [6, 6.07) is 11.4. The van der Waals surface area contributed by atoms with Gasteiger partial charge in [-0.25, -0.2) is 4.98 Å². The number of rotatable bonds is 8. The molecule has 4 aromatic rings. The Morgan fingerprint density at radius 3 is 2.67 bits per heavy atom. The second-order valence-electron chi connectivity index (χ2n) is 7.36. The van der Waals surface area contributed by atoms with Gasteiger partial charge in [0, 0.05) is 31.6 Å². The zero-order valence-electron chi connectivity index (χ0n) is 18.2. The van der Waals surface area contributed by atoms with Crippen molar-refractivity contribution in [2.24, 2.45) is 7.05 Å². The van der Waals surface area contributed by atoms with Crippen molar-refractivity contribution >= 4 is 34.7 Å². The van der Waals surface area contributed by atoms with Crippen molar-refractivity contribution in [2.45, 2.75) is 12.5 Å². The molecule has 0 N–H and O–H groups in total. The van der Waals surface area contributed by atoms with Gasteiger partial charge in [-0.1, -0.05) is 47.1 Å². The van der Waals surface area contributed by atoms with Crippen LogP contribution in [0.5, 0.6) is 5.75 Å². The number of ether oxygens (including phenoxy) is 1. The lowest BCUT2D eigenvalue weighted by molar-refractivity contribution is 0.0984. The van der Waals surface area contributed by atoms with Crippen molar-refractivity contribution in [1.82, 2.24) is 14.7 Å². The van der Waals surface area contributed by atoms with Gasteiger partial charge in [-0.2, -0.15) is 0 Å². The molecule has 0 bridgehead atoms. The largest absolute Gasteiger partial charge is 0.489 e. The molecule has 0 saturated heterocycles. The zero-order valence-corrected chi connectivity index (χ0v) is 19.8. The standard InChI is InChI=1S/C23H21ClN4O4S/c1-27(19(15-7-5-4-6-8-15)16-9-10-33-21(16)24)23-26-18(20(31-3)22(30)28(23)2)17(29)11-14-12-25-32-13-14/h4-10,12-13,19H,11H2,1-3H3. The molecule has 0 aliphatic heterocycles. The van der Waals surface area contributed by atoms with Gasteiger partial charge < -0.3 is 14.2 Å². The summed E-state index contributed by atoms with van der Waals surface area (Å²) in [6.07, 6.45) is 2.80. The normalized spacial score (nSPS) is 11.9. The Hall–Kier alpha value is -3.43. The Balaban J connectivity index is 1.84.